The molecule has 2 heteroatoms. The molecule has 1 saturated heterocycles. The molecule has 3 atom stereocenters. The van der Waals surface area contributed by atoms with Crippen LogP contribution in [0.2, 0.25) is 0 Å². The first kappa shape index (κ1) is 14.3. The molecule has 0 aromatic heterocycles. The quantitative estimate of drug-likeness (QED) is 0.825. The van der Waals surface area contributed by atoms with Gasteiger partial charge in [-0.25, -0.2) is 0 Å². The van der Waals surface area contributed by atoms with E-state index in [9.17, 15) is 0 Å². The first-order valence-electron chi connectivity index (χ1n) is 8.17. The summed E-state index contributed by atoms with van der Waals surface area (Å²) in [6.45, 7) is 9.73. The molecule has 2 fully saturated rings. The molecule has 1 aliphatic heterocycles. The summed E-state index contributed by atoms with van der Waals surface area (Å²) in [7, 11) is 0. The number of nitrogens with zero attached hydrogens (tertiary/aromatic N) is 1. The third-order valence-corrected chi connectivity index (χ3v) is 5.00. The van der Waals surface area contributed by atoms with Crippen LogP contribution >= 0.6 is 0 Å². The highest BCUT2D eigenvalue weighted by Gasteiger charge is 2.30. The van der Waals surface area contributed by atoms with Gasteiger partial charge >= 0.3 is 0 Å². The Kier molecular flexibility index (Phi) is 5.50. The highest BCUT2D eigenvalue weighted by atomic mass is 15.2. The zero-order valence-corrected chi connectivity index (χ0v) is 12.6. The fraction of sp³-hybridized carbons (Fsp3) is 1.00. The monoisotopic (exact) mass is 252 g/mol. The van der Waals surface area contributed by atoms with Crippen molar-refractivity contribution in [1.82, 2.24) is 10.2 Å². The fourth-order valence-corrected chi connectivity index (χ4v) is 3.85. The van der Waals surface area contributed by atoms with Gasteiger partial charge in [0.05, 0.1) is 0 Å². The predicted octanol–water partition coefficient (Wildman–Crippen LogP) is 3.42. The van der Waals surface area contributed by atoms with Gasteiger partial charge < -0.3 is 5.32 Å². The van der Waals surface area contributed by atoms with Crippen molar-refractivity contribution in [3.8, 4) is 0 Å². The summed E-state index contributed by atoms with van der Waals surface area (Å²) in [5, 5.41) is 3.72. The molecule has 0 radical (unpaired) electrons. The van der Waals surface area contributed by atoms with Crippen LogP contribution in [0.25, 0.3) is 0 Å². The Morgan fingerprint density at radius 3 is 2.39 bits per heavy atom. The Labute approximate surface area is 114 Å². The van der Waals surface area contributed by atoms with Crippen LogP contribution in [0, 0.1) is 5.92 Å². The highest BCUT2D eigenvalue weighted by molar-refractivity contribution is 4.86. The molecule has 1 N–H and O–H groups in total. The van der Waals surface area contributed by atoms with Crippen molar-refractivity contribution < 1.29 is 0 Å². The van der Waals surface area contributed by atoms with Gasteiger partial charge in [-0.15, -0.1) is 0 Å². The lowest BCUT2D eigenvalue weighted by Gasteiger charge is -2.43. The van der Waals surface area contributed by atoms with Crippen LogP contribution in [-0.2, 0) is 0 Å². The smallest absolute Gasteiger partial charge is 0.0195 e. The van der Waals surface area contributed by atoms with E-state index in [2.05, 4.69) is 31.0 Å². The first-order chi connectivity index (χ1) is 8.68. The van der Waals surface area contributed by atoms with Crippen LogP contribution < -0.4 is 5.32 Å². The van der Waals surface area contributed by atoms with Crippen LogP contribution in [0.4, 0.5) is 0 Å². The summed E-state index contributed by atoms with van der Waals surface area (Å²) >= 11 is 0. The average Bonchev–Trinajstić information content (AvgIpc) is 2.38. The Morgan fingerprint density at radius 1 is 1.06 bits per heavy atom. The SMILES string of the molecule is CC1CCCCC1N(CC1CCCCN1)C(C)C. The molecule has 2 aliphatic rings. The van der Waals surface area contributed by atoms with E-state index in [4.69, 9.17) is 0 Å². The molecule has 0 amide bonds. The Hall–Kier alpha value is -0.0800. The van der Waals surface area contributed by atoms with Crippen molar-refractivity contribution in [1.29, 1.82) is 0 Å². The molecule has 1 aliphatic carbocycles. The largest absolute Gasteiger partial charge is 0.313 e. The van der Waals surface area contributed by atoms with E-state index in [1.165, 1.54) is 58.0 Å². The van der Waals surface area contributed by atoms with Crippen LogP contribution in [0.3, 0.4) is 0 Å². The van der Waals surface area contributed by atoms with E-state index in [0.29, 0.717) is 6.04 Å². The highest BCUT2D eigenvalue weighted by Crippen LogP contribution is 2.29. The van der Waals surface area contributed by atoms with Crippen molar-refractivity contribution in [3.05, 3.63) is 0 Å². The van der Waals surface area contributed by atoms with Crippen LogP contribution in [0.1, 0.15) is 65.7 Å². The van der Waals surface area contributed by atoms with Crippen LogP contribution in [0.15, 0.2) is 0 Å². The van der Waals surface area contributed by atoms with Gasteiger partial charge in [-0.1, -0.05) is 26.2 Å². The summed E-state index contributed by atoms with van der Waals surface area (Å²) in [5.74, 6) is 0.893. The first-order valence-corrected chi connectivity index (χ1v) is 8.17. The van der Waals surface area contributed by atoms with Gasteiger partial charge in [0.25, 0.3) is 0 Å². The van der Waals surface area contributed by atoms with Crippen LogP contribution in [-0.4, -0.2) is 36.1 Å². The molecule has 0 spiro atoms. The van der Waals surface area contributed by atoms with E-state index in [1.54, 1.807) is 0 Å². The molecule has 18 heavy (non-hydrogen) atoms. The summed E-state index contributed by atoms with van der Waals surface area (Å²) in [5.41, 5.74) is 0. The minimum atomic E-state index is 0.694. The number of hydrogen-bond acceptors (Lipinski definition) is 2. The summed E-state index contributed by atoms with van der Waals surface area (Å²) in [4.78, 5) is 2.80. The second-order valence-electron chi connectivity index (χ2n) is 6.77. The van der Waals surface area contributed by atoms with E-state index in [1.807, 2.05) is 0 Å². The van der Waals surface area contributed by atoms with Crippen molar-refractivity contribution in [2.75, 3.05) is 13.1 Å². The Balaban J connectivity index is 1.93. The molecule has 2 nitrogen and oxygen atoms in total. The molecular weight excluding hydrogens is 220 g/mol. The number of piperidine rings is 1. The third kappa shape index (κ3) is 3.71. The van der Waals surface area contributed by atoms with Crippen molar-refractivity contribution in [2.45, 2.75) is 83.8 Å². The second kappa shape index (κ2) is 6.91. The van der Waals surface area contributed by atoms with Gasteiger partial charge in [-0.2, -0.15) is 0 Å². The third-order valence-electron chi connectivity index (χ3n) is 5.00. The normalized spacial score (nSPS) is 34.2. The van der Waals surface area contributed by atoms with E-state index < -0.39 is 0 Å². The number of hydrogen-bond donors (Lipinski definition) is 1. The van der Waals surface area contributed by atoms with Gasteiger partial charge in [-0.05, 0) is 52.0 Å². The zero-order chi connectivity index (χ0) is 13.0. The molecule has 0 aromatic rings. The number of nitrogens with one attached hydrogen (secondary N) is 1. The van der Waals surface area contributed by atoms with Gasteiger partial charge in [-0.3, -0.25) is 4.90 Å². The van der Waals surface area contributed by atoms with Gasteiger partial charge in [0, 0.05) is 24.7 Å². The molecule has 0 bridgehead atoms. The molecule has 2 rings (SSSR count). The van der Waals surface area contributed by atoms with E-state index in [-0.39, 0.29) is 0 Å². The maximum atomic E-state index is 3.72. The second-order valence-corrected chi connectivity index (χ2v) is 6.77. The zero-order valence-electron chi connectivity index (χ0n) is 12.6. The van der Waals surface area contributed by atoms with E-state index in [0.717, 1.165) is 18.0 Å². The topological polar surface area (TPSA) is 15.3 Å². The Morgan fingerprint density at radius 2 is 1.78 bits per heavy atom. The van der Waals surface area contributed by atoms with Gasteiger partial charge in [0.1, 0.15) is 0 Å². The maximum absolute atomic E-state index is 3.72. The lowest BCUT2D eigenvalue weighted by molar-refractivity contribution is 0.0686. The van der Waals surface area contributed by atoms with Crippen LogP contribution in [0.5, 0.6) is 0 Å². The van der Waals surface area contributed by atoms with Gasteiger partial charge in [0.2, 0.25) is 0 Å². The minimum Gasteiger partial charge on any atom is -0.313 e. The van der Waals surface area contributed by atoms with Gasteiger partial charge in [0.15, 0.2) is 0 Å². The standard InChI is InChI=1S/C16H32N2/c1-13(2)18(12-15-9-6-7-11-17-15)16-10-5-4-8-14(16)3/h13-17H,4-12H2,1-3H3. The summed E-state index contributed by atoms with van der Waals surface area (Å²) < 4.78 is 0. The van der Waals surface area contributed by atoms with Crippen molar-refractivity contribution >= 4 is 0 Å². The predicted molar refractivity (Wildman–Crippen MR) is 78.9 cm³/mol. The Bertz CT molecular complexity index is 233. The molecule has 3 unspecified atom stereocenters. The van der Waals surface area contributed by atoms with E-state index >= 15 is 0 Å². The molecule has 1 heterocycles. The lowest BCUT2D eigenvalue weighted by atomic mass is 9.84. The fourth-order valence-electron chi connectivity index (χ4n) is 3.85. The minimum absolute atomic E-state index is 0.694. The van der Waals surface area contributed by atoms with Crippen molar-refractivity contribution in [2.24, 2.45) is 5.92 Å². The lowest BCUT2D eigenvalue weighted by Crippen LogP contribution is -2.52. The summed E-state index contributed by atoms with van der Waals surface area (Å²) in [6.07, 6.45) is 9.92. The number of rotatable bonds is 4. The molecular formula is C16H32N2. The molecule has 106 valence electrons. The summed E-state index contributed by atoms with van der Waals surface area (Å²) in [6, 6.07) is 2.28. The average molecular weight is 252 g/mol. The molecule has 1 saturated carbocycles. The maximum Gasteiger partial charge on any atom is 0.0195 e. The van der Waals surface area contributed by atoms with Crippen molar-refractivity contribution in [3.63, 3.8) is 0 Å². The molecule has 0 aromatic carbocycles.